The molecule has 3 aromatic rings. The van der Waals surface area contributed by atoms with Gasteiger partial charge in [-0.1, -0.05) is 55.1 Å². The normalized spacial score (nSPS) is 18.8. The lowest BCUT2D eigenvalue weighted by Crippen LogP contribution is -2.40. The summed E-state index contributed by atoms with van der Waals surface area (Å²) in [6, 6.07) is 13.4. The molecule has 0 atom stereocenters. The van der Waals surface area contributed by atoms with E-state index in [1.165, 1.54) is 29.5 Å². The molecule has 6 nitrogen and oxygen atoms in total. The minimum absolute atomic E-state index is 0.000203. The summed E-state index contributed by atoms with van der Waals surface area (Å²) in [7, 11) is 1.60. The average molecular weight is 540 g/mol. The fourth-order valence-electron chi connectivity index (χ4n) is 4.39. The molecule has 0 N–H and O–H groups in total. The number of methoxy groups -OCH3 is 1. The number of thiazole rings is 1. The van der Waals surface area contributed by atoms with Crippen LogP contribution >= 0.6 is 34.7 Å². The highest BCUT2D eigenvalue weighted by molar-refractivity contribution is 8.18. The summed E-state index contributed by atoms with van der Waals surface area (Å²) < 4.78 is 11.6. The largest absolute Gasteiger partial charge is 0.493 e. The average Bonchev–Trinajstić information content (AvgIpc) is 3.52. The van der Waals surface area contributed by atoms with Gasteiger partial charge in [0.2, 0.25) is 5.13 Å². The molecule has 2 fully saturated rings. The molecule has 36 heavy (non-hydrogen) atoms. The van der Waals surface area contributed by atoms with E-state index in [1.807, 2.05) is 58.8 Å². The predicted molar refractivity (Wildman–Crippen MR) is 147 cm³/mol. The zero-order valence-corrected chi connectivity index (χ0v) is 22.2. The second kappa shape index (κ2) is 11.5. The van der Waals surface area contributed by atoms with Crippen LogP contribution in [0.15, 0.2) is 63.9 Å². The van der Waals surface area contributed by atoms with Gasteiger partial charge in [0.1, 0.15) is 6.61 Å². The van der Waals surface area contributed by atoms with Gasteiger partial charge in [0.15, 0.2) is 16.7 Å². The standard InChI is InChI=1S/C27H26ClN3O3S2/c1-33-23-15-18(11-12-22(23)34-17-19-7-5-6-10-21(19)28)16-24-25(32)31(20-8-3-2-4-9-20)27(36-24)30-26-29-13-14-35-26/h5-7,10-16,20H,2-4,8-9,17H2,1H3/b24-16-,30-27+. The summed E-state index contributed by atoms with van der Waals surface area (Å²) in [4.78, 5) is 25.1. The maximum atomic E-state index is 13.5. The Kier molecular flexibility index (Phi) is 7.94. The Morgan fingerprint density at radius 1 is 1.17 bits per heavy atom. The highest BCUT2D eigenvalue weighted by atomic mass is 35.5. The van der Waals surface area contributed by atoms with Crippen LogP contribution in [0.5, 0.6) is 11.5 Å². The summed E-state index contributed by atoms with van der Waals surface area (Å²) in [6.45, 7) is 0.331. The summed E-state index contributed by atoms with van der Waals surface area (Å²) in [5.41, 5.74) is 1.75. The van der Waals surface area contributed by atoms with Crippen LogP contribution in [-0.4, -0.2) is 34.1 Å². The Morgan fingerprint density at radius 3 is 2.75 bits per heavy atom. The maximum absolute atomic E-state index is 13.5. The van der Waals surface area contributed by atoms with Crippen molar-refractivity contribution in [3.63, 3.8) is 0 Å². The first kappa shape index (κ1) is 24.9. The van der Waals surface area contributed by atoms with Gasteiger partial charge >= 0.3 is 0 Å². The number of ether oxygens (including phenoxy) is 2. The molecule has 1 aliphatic heterocycles. The molecule has 0 radical (unpaired) electrons. The second-order valence-corrected chi connectivity index (χ2v) is 10.9. The van der Waals surface area contributed by atoms with Gasteiger partial charge in [-0.2, -0.15) is 4.99 Å². The fraction of sp³-hybridized carbons (Fsp3) is 0.296. The van der Waals surface area contributed by atoms with E-state index in [0.717, 1.165) is 36.8 Å². The Hall–Kier alpha value is -2.81. The fourth-order valence-corrected chi connectivity index (χ4v) is 6.19. The first-order valence-corrected chi connectivity index (χ1v) is 14.0. The van der Waals surface area contributed by atoms with Gasteiger partial charge in [0, 0.05) is 28.2 Å². The molecule has 0 spiro atoms. The monoisotopic (exact) mass is 539 g/mol. The zero-order chi connectivity index (χ0) is 24.9. The summed E-state index contributed by atoms with van der Waals surface area (Å²) in [6.07, 6.45) is 9.12. The molecule has 186 valence electrons. The van der Waals surface area contributed by atoms with Crippen molar-refractivity contribution in [1.82, 2.24) is 9.88 Å². The number of rotatable bonds is 7. The highest BCUT2D eigenvalue weighted by Crippen LogP contribution is 2.39. The maximum Gasteiger partial charge on any atom is 0.267 e. The molecular weight excluding hydrogens is 514 g/mol. The molecular formula is C27H26ClN3O3S2. The molecule has 1 aromatic heterocycles. The number of aliphatic imine (C=N–C) groups is 1. The molecule has 9 heteroatoms. The molecule has 1 amide bonds. The topological polar surface area (TPSA) is 64.0 Å². The number of amidine groups is 1. The first-order valence-electron chi connectivity index (χ1n) is 11.9. The lowest BCUT2D eigenvalue weighted by Gasteiger charge is -2.30. The molecule has 1 aliphatic carbocycles. The number of aromatic nitrogens is 1. The van der Waals surface area contributed by atoms with Crippen molar-refractivity contribution in [2.24, 2.45) is 4.99 Å². The van der Waals surface area contributed by atoms with Gasteiger partial charge in [-0.05, 0) is 54.4 Å². The van der Waals surface area contributed by atoms with E-state index in [0.29, 0.717) is 38.3 Å². The van der Waals surface area contributed by atoms with Crippen LogP contribution in [-0.2, 0) is 11.4 Å². The van der Waals surface area contributed by atoms with Crippen LogP contribution in [0.25, 0.3) is 6.08 Å². The number of hydrogen-bond donors (Lipinski definition) is 0. The molecule has 2 aromatic carbocycles. The van der Waals surface area contributed by atoms with Gasteiger partial charge in [-0.3, -0.25) is 9.69 Å². The molecule has 2 heterocycles. The Bertz CT molecular complexity index is 1290. The van der Waals surface area contributed by atoms with Crippen LogP contribution < -0.4 is 9.47 Å². The minimum atomic E-state index is 0.000203. The molecule has 5 rings (SSSR count). The van der Waals surface area contributed by atoms with E-state index in [9.17, 15) is 4.79 Å². The lowest BCUT2D eigenvalue weighted by molar-refractivity contribution is -0.124. The van der Waals surface area contributed by atoms with E-state index in [2.05, 4.69) is 4.98 Å². The van der Waals surface area contributed by atoms with Gasteiger partial charge in [0.25, 0.3) is 5.91 Å². The third-order valence-corrected chi connectivity index (χ3v) is 8.23. The molecule has 0 bridgehead atoms. The number of thioether (sulfide) groups is 1. The van der Waals surface area contributed by atoms with E-state index < -0.39 is 0 Å². The van der Waals surface area contributed by atoms with Crippen molar-refractivity contribution in [3.05, 3.63) is 75.1 Å². The quantitative estimate of drug-likeness (QED) is 0.294. The number of benzene rings is 2. The van der Waals surface area contributed by atoms with Crippen LogP contribution in [0.3, 0.4) is 0 Å². The van der Waals surface area contributed by atoms with Crippen molar-refractivity contribution in [3.8, 4) is 11.5 Å². The lowest BCUT2D eigenvalue weighted by atomic mass is 9.94. The van der Waals surface area contributed by atoms with Gasteiger partial charge in [-0.25, -0.2) is 4.98 Å². The van der Waals surface area contributed by atoms with Crippen LogP contribution in [0.1, 0.15) is 43.2 Å². The Morgan fingerprint density at radius 2 is 2.00 bits per heavy atom. The van der Waals surface area contributed by atoms with Crippen molar-refractivity contribution < 1.29 is 14.3 Å². The van der Waals surface area contributed by atoms with E-state index in [-0.39, 0.29) is 11.9 Å². The minimum Gasteiger partial charge on any atom is -0.493 e. The zero-order valence-electron chi connectivity index (χ0n) is 19.9. The number of nitrogens with zero attached hydrogens (tertiary/aromatic N) is 3. The first-order chi connectivity index (χ1) is 17.6. The summed E-state index contributed by atoms with van der Waals surface area (Å²) in [5.74, 6) is 1.20. The van der Waals surface area contributed by atoms with Gasteiger partial charge in [-0.15, -0.1) is 11.3 Å². The second-order valence-electron chi connectivity index (χ2n) is 8.58. The molecule has 2 aliphatic rings. The van der Waals surface area contributed by atoms with Crippen LogP contribution in [0, 0.1) is 0 Å². The van der Waals surface area contributed by atoms with Gasteiger partial charge < -0.3 is 9.47 Å². The number of amides is 1. The third kappa shape index (κ3) is 5.61. The number of carbonyl (C=O) groups is 1. The molecule has 1 saturated carbocycles. The van der Waals surface area contributed by atoms with Crippen LogP contribution in [0.2, 0.25) is 5.02 Å². The van der Waals surface area contributed by atoms with Crippen molar-refractivity contribution in [2.45, 2.75) is 44.8 Å². The van der Waals surface area contributed by atoms with Crippen LogP contribution in [0.4, 0.5) is 5.13 Å². The number of hydrogen-bond acceptors (Lipinski definition) is 7. The highest BCUT2D eigenvalue weighted by Gasteiger charge is 2.38. The van der Waals surface area contributed by atoms with Crippen molar-refractivity contribution in [1.29, 1.82) is 0 Å². The SMILES string of the molecule is COc1cc(/C=C2\S/C(=N/c3nccs3)N(C3CCCCC3)C2=O)ccc1OCc1ccccc1Cl. The predicted octanol–water partition coefficient (Wildman–Crippen LogP) is 7.32. The number of halogens is 1. The van der Waals surface area contributed by atoms with E-state index in [4.69, 9.17) is 26.1 Å². The van der Waals surface area contributed by atoms with Crippen molar-refractivity contribution >= 4 is 57.0 Å². The van der Waals surface area contributed by atoms with E-state index in [1.54, 1.807) is 13.3 Å². The summed E-state index contributed by atoms with van der Waals surface area (Å²) >= 11 is 9.13. The Balaban J connectivity index is 1.39. The Labute approximate surface area is 224 Å². The van der Waals surface area contributed by atoms with Crippen molar-refractivity contribution in [2.75, 3.05) is 7.11 Å². The third-order valence-electron chi connectivity index (χ3n) is 6.21. The summed E-state index contributed by atoms with van der Waals surface area (Å²) in [5, 5.41) is 3.92. The molecule has 0 unspecified atom stereocenters. The smallest absolute Gasteiger partial charge is 0.267 e. The van der Waals surface area contributed by atoms with Gasteiger partial charge in [0.05, 0.1) is 12.0 Å². The number of carbonyl (C=O) groups excluding carboxylic acids is 1. The van der Waals surface area contributed by atoms with E-state index >= 15 is 0 Å². The molecule has 1 saturated heterocycles.